The van der Waals surface area contributed by atoms with Crippen molar-refractivity contribution in [2.45, 2.75) is 71.8 Å². The molecule has 0 amide bonds. The van der Waals surface area contributed by atoms with Crippen LogP contribution in [0.1, 0.15) is 53.9 Å². The highest BCUT2D eigenvalue weighted by Crippen LogP contribution is 2.58. The van der Waals surface area contributed by atoms with Gasteiger partial charge in [0.15, 0.2) is 5.60 Å². The van der Waals surface area contributed by atoms with Crippen LogP contribution in [0.2, 0.25) is 0 Å². The molecule has 0 heterocycles. The first-order chi connectivity index (χ1) is 9.05. The Bertz CT molecular complexity index is 350. The summed E-state index contributed by atoms with van der Waals surface area (Å²) in [5, 5.41) is 0. The highest BCUT2D eigenvalue weighted by Gasteiger charge is 2.57. The Morgan fingerprint density at radius 3 is 2.10 bits per heavy atom. The second-order valence-electron chi connectivity index (χ2n) is 7.47. The van der Waals surface area contributed by atoms with E-state index in [1.54, 1.807) is 13.8 Å². The molecule has 2 aliphatic rings. The molecule has 0 saturated heterocycles. The first-order valence-corrected chi connectivity index (χ1v) is 7.79. The van der Waals surface area contributed by atoms with Gasteiger partial charge in [-0.2, -0.15) is 13.2 Å². The second-order valence-corrected chi connectivity index (χ2v) is 7.47. The molecule has 0 aromatic carbocycles. The lowest BCUT2D eigenvalue weighted by molar-refractivity contribution is -0.287. The standard InChI is InChI=1S/C16H27F3O/c1-9(2)20-15(5,16(17,18)19)8-13-6-12-7-14(13)11(4)10(12)3/h9-14H,6-8H2,1-5H3. The van der Waals surface area contributed by atoms with Gasteiger partial charge in [-0.3, -0.25) is 0 Å². The van der Waals surface area contributed by atoms with Crippen molar-refractivity contribution in [2.75, 3.05) is 0 Å². The van der Waals surface area contributed by atoms with E-state index in [-0.39, 0.29) is 12.3 Å². The van der Waals surface area contributed by atoms with Crippen LogP contribution in [0.5, 0.6) is 0 Å². The van der Waals surface area contributed by atoms with Crippen molar-refractivity contribution in [2.24, 2.45) is 29.6 Å². The number of hydrogen-bond acceptors (Lipinski definition) is 1. The summed E-state index contributed by atoms with van der Waals surface area (Å²) < 4.78 is 45.5. The van der Waals surface area contributed by atoms with Gasteiger partial charge in [-0.05, 0) is 69.6 Å². The highest BCUT2D eigenvalue weighted by molar-refractivity contribution is 5.00. The number of hydrogen-bond donors (Lipinski definition) is 0. The average Bonchev–Trinajstić information content (AvgIpc) is 2.77. The molecular formula is C16H27F3O. The van der Waals surface area contributed by atoms with Crippen molar-refractivity contribution in [3.05, 3.63) is 0 Å². The number of ether oxygens (including phenoxy) is 1. The number of alkyl halides is 3. The SMILES string of the molecule is CC(C)OC(C)(CC1CC2CC1C(C)C2C)C(F)(F)F. The molecular weight excluding hydrogens is 265 g/mol. The Balaban J connectivity index is 2.10. The minimum atomic E-state index is -4.30. The summed E-state index contributed by atoms with van der Waals surface area (Å²) >= 11 is 0. The highest BCUT2D eigenvalue weighted by atomic mass is 19.4. The normalized spacial score (nSPS) is 40.4. The molecule has 0 aromatic heterocycles. The van der Waals surface area contributed by atoms with Gasteiger partial charge in [-0.1, -0.05) is 13.8 Å². The van der Waals surface area contributed by atoms with E-state index in [1.165, 1.54) is 6.92 Å². The van der Waals surface area contributed by atoms with Gasteiger partial charge in [0.05, 0.1) is 6.10 Å². The lowest BCUT2D eigenvalue weighted by atomic mass is 9.72. The van der Waals surface area contributed by atoms with E-state index in [9.17, 15) is 13.2 Å². The number of halogens is 3. The lowest BCUT2D eigenvalue weighted by Gasteiger charge is -2.40. The minimum Gasteiger partial charge on any atom is -0.363 e. The molecule has 2 bridgehead atoms. The van der Waals surface area contributed by atoms with E-state index < -0.39 is 17.9 Å². The number of fused-ring (bicyclic) bond motifs is 2. The molecule has 0 radical (unpaired) electrons. The summed E-state index contributed by atoms with van der Waals surface area (Å²) in [5.74, 6) is 2.45. The zero-order valence-corrected chi connectivity index (χ0v) is 13.1. The summed E-state index contributed by atoms with van der Waals surface area (Å²) in [6.45, 7) is 9.03. The molecule has 6 unspecified atom stereocenters. The molecule has 0 spiro atoms. The Labute approximate surface area is 120 Å². The van der Waals surface area contributed by atoms with Gasteiger partial charge in [0.2, 0.25) is 0 Å². The number of rotatable bonds is 4. The van der Waals surface area contributed by atoms with E-state index in [2.05, 4.69) is 13.8 Å². The fourth-order valence-electron chi connectivity index (χ4n) is 4.58. The van der Waals surface area contributed by atoms with Crippen LogP contribution in [0.4, 0.5) is 13.2 Å². The van der Waals surface area contributed by atoms with Crippen molar-refractivity contribution >= 4 is 0 Å². The average molecular weight is 292 g/mol. The van der Waals surface area contributed by atoms with Crippen molar-refractivity contribution in [3.8, 4) is 0 Å². The predicted octanol–water partition coefficient (Wildman–Crippen LogP) is 5.05. The maximum Gasteiger partial charge on any atom is 0.417 e. The fourth-order valence-corrected chi connectivity index (χ4v) is 4.58. The smallest absolute Gasteiger partial charge is 0.363 e. The molecule has 0 aromatic rings. The zero-order chi connectivity index (χ0) is 15.3. The largest absolute Gasteiger partial charge is 0.417 e. The molecule has 0 N–H and O–H groups in total. The topological polar surface area (TPSA) is 9.23 Å². The molecule has 6 atom stereocenters. The van der Waals surface area contributed by atoms with Crippen LogP contribution in [0.3, 0.4) is 0 Å². The maximum absolute atomic E-state index is 13.4. The molecule has 2 saturated carbocycles. The molecule has 1 nitrogen and oxygen atoms in total. The van der Waals surface area contributed by atoms with Crippen LogP contribution in [-0.4, -0.2) is 17.9 Å². The van der Waals surface area contributed by atoms with Crippen molar-refractivity contribution in [1.29, 1.82) is 0 Å². The van der Waals surface area contributed by atoms with Crippen LogP contribution >= 0.6 is 0 Å². The third-order valence-electron chi connectivity index (χ3n) is 5.78. The van der Waals surface area contributed by atoms with E-state index in [1.807, 2.05) is 0 Å². The molecule has 20 heavy (non-hydrogen) atoms. The van der Waals surface area contributed by atoms with Gasteiger partial charge in [0, 0.05) is 0 Å². The van der Waals surface area contributed by atoms with Crippen molar-refractivity contribution < 1.29 is 17.9 Å². The van der Waals surface area contributed by atoms with E-state index in [0.29, 0.717) is 23.7 Å². The van der Waals surface area contributed by atoms with Gasteiger partial charge in [-0.15, -0.1) is 0 Å². The van der Waals surface area contributed by atoms with E-state index >= 15 is 0 Å². The van der Waals surface area contributed by atoms with Gasteiger partial charge in [0.1, 0.15) is 0 Å². The van der Waals surface area contributed by atoms with Crippen LogP contribution < -0.4 is 0 Å². The third-order valence-corrected chi connectivity index (χ3v) is 5.78. The van der Waals surface area contributed by atoms with Gasteiger partial charge in [-0.25, -0.2) is 0 Å². The molecule has 2 aliphatic carbocycles. The minimum absolute atomic E-state index is 0.118. The zero-order valence-electron chi connectivity index (χ0n) is 13.1. The summed E-state index contributed by atoms with van der Waals surface area (Å²) in [7, 11) is 0. The fraction of sp³-hybridized carbons (Fsp3) is 1.00. The summed E-state index contributed by atoms with van der Waals surface area (Å²) in [5.41, 5.74) is -2.00. The summed E-state index contributed by atoms with van der Waals surface area (Å²) in [4.78, 5) is 0. The van der Waals surface area contributed by atoms with Crippen LogP contribution in [0, 0.1) is 29.6 Å². The third kappa shape index (κ3) is 2.72. The van der Waals surface area contributed by atoms with Crippen LogP contribution in [0.15, 0.2) is 0 Å². The first-order valence-electron chi connectivity index (χ1n) is 7.79. The van der Waals surface area contributed by atoms with Crippen molar-refractivity contribution in [1.82, 2.24) is 0 Å². The van der Waals surface area contributed by atoms with E-state index in [0.717, 1.165) is 12.8 Å². The van der Waals surface area contributed by atoms with Gasteiger partial charge in [0.25, 0.3) is 0 Å². The monoisotopic (exact) mass is 292 g/mol. The Kier molecular flexibility index (Phi) is 4.18. The molecule has 2 rings (SSSR count). The Morgan fingerprint density at radius 2 is 1.70 bits per heavy atom. The molecule has 2 fully saturated rings. The predicted molar refractivity (Wildman–Crippen MR) is 73.3 cm³/mol. The molecule has 0 aliphatic heterocycles. The van der Waals surface area contributed by atoms with Crippen LogP contribution in [0.25, 0.3) is 0 Å². The van der Waals surface area contributed by atoms with Gasteiger partial charge >= 0.3 is 6.18 Å². The lowest BCUT2D eigenvalue weighted by Crippen LogP contribution is -2.48. The van der Waals surface area contributed by atoms with Crippen molar-refractivity contribution in [3.63, 3.8) is 0 Å². The van der Waals surface area contributed by atoms with Crippen LogP contribution in [-0.2, 0) is 4.74 Å². The quantitative estimate of drug-likeness (QED) is 0.704. The van der Waals surface area contributed by atoms with Gasteiger partial charge < -0.3 is 4.74 Å². The van der Waals surface area contributed by atoms with E-state index in [4.69, 9.17) is 4.74 Å². The molecule has 118 valence electrons. The first kappa shape index (κ1) is 16.1. The maximum atomic E-state index is 13.4. The summed E-state index contributed by atoms with van der Waals surface area (Å²) in [6.07, 6.45) is -2.52. The Hall–Kier alpha value is -0.250. The second kappa shape index (κ2) is 5.19. The Morgan fingerprint density at radius 1 is 1.10 bits per heavy atom. The summed E-state index contributed by atoms with van der Waals surface area (Å²) in [6, 6.07) is 0. The molecule has 4 heteroatoms.